The third kappa shape index (κ3) is 6.49. The number of carboxylic acid groups (broad SMARTS) is 1. The zero-order valence-electron chi connectivity index (χ0n) is 25.7. The normalized spacial score (nSPS) is 19.8. The second-order valence-corrected chi connectivity index (χ2v) is 12.4. The number of hydrogen-bond donors (Lipinski definition) is 1. The predicted octanol–water partition coefficient (Wildman–Crippen LogP) is 6.40. The summed E-state index contributed by atoms with van der Waals surface area (Å²) >= 11 is 0. The van der Waals surface area contributed by atoms with Crippen LogP contribution in [0.1, 0.15) is 69.2 Å². The van der Waals surface area contributed by atoms with Crippen LogP contribution in [0.5, 0.6) is 17.2 Å². The van der Waals surface area contributed by atoms with E-state index in [1.165, 1.54) is 0 Å². The summed E-state index contributed by atoms with van der Waals surface area (Å²) < 4.78 is 16.5. The van der Waals surface area contributed by atoms with Crippen LogP contribution < -0.4 is 19.1 Å². The maximum Gasteiger partial charge on any atom is 0.309 e. The lowest BCUT2D eigenvalue weighted by Crippen LogP contribution is -2.41. The van der Waals surface area contributed by atoms with E-state index in [0.29, 0.717) is 30.3 Å². The Bertz CT molecular complexity index is 1450. The van der Waals surface area contributed by atoms with Crippen molar-refractivity contribution in [2.24, 2.45) is 5.92 Å². The predicted molar refractivity (Wildman–Crippen MR) is 166 cm³/mol. The zero-order chi connectivity index (χ0) is 30.7. The first kappa shape index (κ1) is 30.4. The highest BCUT2D eigenvalue weighted by molar-refractivity contribution is 5.95. The lowest BCUT2D eigenvalue weighted by atomic mass is 9.82. The van der Waals surface area contributed by atoms with Crippen molar-refractivity contribution in [3.05, 3.63) is 83.4 Å². The van der Waals surface area contributed by atoms with Gasteiger partial charge in [-0.25, -0.2) is 0 Å². The minimum Gasteiger partial charge on any atom is -0.497 e. The molecule has 2 aliphatic rings. The van der Waals surface area contributed by atoms with Crippen molar-refractivity contribution < 1.29 is 28.9 Å². The van der Waals surface area contributed by atoms with Gasteiger partial charge in [-0.15, -0.1) is 0 Å². The van der Waals surface area contributed by atoms with E-state index < -0.39 is 17.9 Å². The number of nitrogens with zero attached hydrogens (tertiary/aromatic N) is 2. The summed E-state index contributed by atoms with van der Waals surface area (Å²) in [4.78, 5) is 31.1. The Morgan fingerprint density at radius 3 is 2.40 bits per heavy atom. The van der Waals surface area contributed by atoms with E-state index >= 15 is 0 Å². The molecular formula is C35H42N2O6. The summed E-state index contributed by atoms with van der Waals surface area (Å²) in [5.74, 6) is -0.145. The molecule has 2 aliphatic heterocycles. The average molecular weight is 587 g/mol. The van der Waals surface area contributed by atoms with E-state index in [4.69, 9.17) is 14.2 Å². The Morgan fingerprint density at radius 2 is 1.72 bits per heavy atom. The van der Waals surface area contributed by atoms with E-state index in [2.05, 4.69) is 39.8 Å². The number of aliphatic carboxylic acids is 1. The molecule has 3 atom stereocenters. The number of methoxy groups -OCH3 is 1. The van der Waals surface area contributed by atoms with Crippen molar-refractivity contribution in [3.63, 3.8) is 0 Å². The molecule has 5 rings (SSSR count). The number of carbonyl (C=O) groups is 2. The monoisotopic (exact) mass is 586 g/mol. The van der Waals surface area contributed by atoms with Crippen LogP contribution in [0.2, 0.25) is 0 Å². The maximum atomic E-state index is 14.2. The van der Waals surface area contributed by atoms with Crippen molar-refractivity contribution in [1.82, 2.24) is 4.90 Å². The van der Waals surface area contributed by atoms with Crippen molar-refractivity contribution in [3.8, 4) is 17.2 Å². The number of rotatable bonds is 10. The summed E-state index contributed by atoms with van der Waals surface area (Å²) in [6.45, 7) is 9.83. The summed E-state index contributed by atoms with van der Waals surface area (Å²) in [5.41, 5.74) is 3.65. The maximum absolute atomic E-state index is 14.2. The number of hydrogen-bond acceptors (Lipinski definition) is 6. The number of carboxylic acids is 1. The number of ether oxygens (including phenoxy) is 3. The average Bonchev–Trinajstić information content (AvgIpc) is 3.61. The minimum absolute atomic E-state index is 0.0477. The number of carbonyl (C=O) groups excluding carboxylic acids is 1. The van der Waals surface area contributed by atoms with Crippen molar-refractivity contribution in [2.75, 3.05) is 38.4 Å². The van der Waals surface area contributed by atoms with E-state index in [0.717, 1.165) is 35.2 Å². The highest BCUT2D eigenvalue weighted by Crippen LogP contribution is 2.48. The fraction of sp³-hybridized carbons (Fsp3) is 0.429. The van der Waals surface area contributed by atoms with E-state index in [-0.39, 0.29) is 30.6 Å². The first-order valence-corrected chi connectivity index (χ1v) is 15.0. The number of anilines is 1. The molecule has 3 aromatic rings. The molecule has 1 amide bonds. The van der Waals surface area contributed by atoms with E-state index in [1.54, 1.807) is 7.11 Å². The second kappa shape index (κ2) is 12.7. The smallest absolute Gasteiger partial charge is 0.309 e. The van der Waals surface area contributed by atoms with Crippen LogP contribution in [0, 0.1) is 5.92 Å². The third-order valence-electron chi connectivity index (χ3n) is 8.56. The number of unbranched alkanes of at least 4 members (excludes halogenated alkanes) is 1. The fourth-order valence-corrected chi connectivity index (χ4v) is 6.19. The molecule has 2 heterocycles. The lowest BCUT2D eigenvalue weighted by Gasteiger charge is -2.31. The van der Waals surface area contributed by atoms with Gasteiger partial charge in [-0.05, 0) is 64.9 Å². The van der Waals surface area contributed by atoms with Gasteiger partial charge in [0.05, 0.1) is 19.6 Å². The molecule has 228 valence electrons. The molecule has 0 bridgehead atoms. The molecule has 0 spiro atoms. The van der Waals surface area contributed by atoms with Crippen LogP contribution in [0.15, 0.2) is 66.7 Å². The largest absolute Gasteiger partial charge is 0.497 e. The van der Waals surface area contributed by atoms with Gasteiger partial charge in [0.1, 0.15) is 5.75 Å². The van der Waals surface area contributed by atoms with E-state index in [1.807, 2.05) is 64.4 Å². The van der Waals surface area contributed by atoms with Gasteiger partial charge in [0.15, 0.2) is 11.5 Å². The first-order chi connectivity index (χ1) is 20.6. The molecule has 0 aromatic heterocycles. The van der Waals surface area contributed by atoms with Crippen LogP contribution in [0.3, 0.4) is 0 Å². The molecule has 3 aromatic carbocycles. The van der Waals surface area contributed by atoms with Gasteiger partial charge in [-0.1, -0.05) is 64.4 Å². The van der Waals surface area contributed by atoms with Gasteiger partial charge in [0, 0.05) is 30.7 Å². The van der Waals surface area contributed by atoms with Crippen LogP contribution in [-0.4, -0.2) is 55.4 Å². The van der Waals surface area contributed by atoms with E-state index in [9.17, 15) is 14.7 Å². The second-order valence-electron chi connectivity index (χ2n) is 12.4. The summed E-state index contributed by atoms with van der Waals surface area (Å²) in [6.07, 6.45) is 1.82. The Labute approximate surface area is 254 Å². The molecule has 1 saturated heterocycles. The zero-order valence-corrected chi connectivity index (χ0v) is 25.7. The fourth-order valence-electron chi connectivity index (χ4n) is 6.19. The highest BCUT2D eigenvalue weighted by atomic mass is 16.7. The van der Waals surface area contributed by atoms with Gasteiger partial charge in [0.25, 0.3) is 0 Å². The highest BCUT2D eigenvalue weighted by Gasteiger charge is 2.48. The van der Waals surface area contributed by atoms with Crippen molar-refractivity contribution >= 4 is 17.6 Å². The van der Waals surface area contributed by atoms with Gasteiger partial charge in [-0.3, -0.25) is 14.5 Å². The third-order valence-corrected chi connectivity index (χ3v) is 8.56. The Hall–Kier alpha value is -4.04. The van der Waals surface area contributed by atoms with Crippen molar-refractivity contribution in [1.29, 1.82) is 0 Å². The molecule has 8 heteroatoms. The first-order valence-electron chi connectivity index (χ1n) is 15.0. The van der Waals surface area contributed by atoms with Gasteiger partial charge >= 0.3 is 5.97 Å². The molecule has 1 fully saturated rings. The summed E-state index contributed by atoms with van der Waals surface area (Å²) in [5, 5.41) is 10.6. The molecule has 0 radical (unpaired) electrons. The van der Waals surface area contributed by atoms with Crippen molar-refractivity contribution in [2.45, 2.75) is 57.9 Å². The van der Waals surface area contributed by atoms with Crippen LogP contribution in [-0.2, 0) is 15.0 Å². The summed E-state index contributed by atoms with van der Waals surface area (Å²) in [7, 11) is 1.60. The minimum atomic E-state index is -0.904. The quantitative estimate of drug-likeness (QED) is 0.294. The number of amides is 1. The lowest BCUT2D eigenvalue weighted by molar-refractivity contribution is -0.143. The molecular weight excluding hydrogens is 544 g/mol. The molecule has 1 N–H and O–H groups in total. The number of fused-ring (bicyclic) bond motifs is 1. The Morgan fingerprint density at radius 1 is 1.00 bits per heavy atom. The summed E-state index contributed by atoms with van der Waals surface area (Å²) in [6, 6.07) is 20.8. The van der Waals surface area contributed by atoms with Crippen LogP contribution >= 0.6 is 0 Å². The van der Waals surface area contributed by atoms with Crippen LogP contribution in [0.25, 0.3) is 0 Å². The van der Waals surface area contributed by atoms with Gasteiger partial charge in [0.2, 0.25) is 12.7 Å². The topological polar surface area (TPSA) is 88.5 Å². The standard InChI is InChI=1S/C35H42N2O6/c1-6-7-17-37(26-10-8-9-25(19-26)35(2,3)4)31(38)21-36-20-28(24-13-16-29-30(18-24)43-22-42-29)32(34(39)40)33(36)23-11-14-27(41-5)15-12-23/h8-16,18-19,28,32-33H,6-7,17,20-22H2,1-5H3,(H,39,40). The van der Waals surface area contributed by atoms with Crippen LogP contribution in [0.4, 0.5) is 5.69 Å². The molecule has 8 nitrogen and oxygen atoms in total. The Balaban J connectivity index is 1.51. The Kier molecular flexibility index (Phi) is 8.97. The molecule has 0 saturated carbocycles. The van der Waals surface area contributed by atoms with Gasteiger partial charge < -0.3 is 24.2 Å². The number of benzene rings is 3. The SMILES string of the molecule is CCCCN(C(=O)CN1CC(c2ccc3c(c2)OCO3)C(C(=O)O)C1c1ccc(OC)cc1)c1cccc(C(C)(C)C)c1. The molecule has 3 unspecified atom stereocenters. The molecule has 43 heavy (non-hydrogen) atoms. The number of likely N-dealkylation sites (tertiary alicyclic amines) is 1. The van der Waals surface area contributed by atoms with Gasteiger partial charge in [-0.2, -0.15) is 0 Å². The molecule has 0 aliphatic carbocycles.